The predicted molar refractivity (Wildman–Crippen MR) is 72.4 cm³/mol. The summed E-state index contributed by atoms with van der Waals surface area (Å²) >= 11 is 6.05. The first-order chi connectivity index (χ1) is 8.70. The van der Waals surface area contributed by atoms with E-state index >= 15 is 0 Å². The third kappa shape index (κ3) is 2.90. The monoisotopic (exact) mass is 260 g/mol. The minimum Gasteiger partial charge on any atom is -0.489 e. The van der Waals surface area contributed by atoms with Crippen molar-refractivity contribution >= 4 is 17.9 Å². The smallest absolute Gasteiger partial charge is 0.150 e. The molecule has 0 N–H and O–H groups in total. The van der Waals surface area contributed by atoms with Crippen LogP contribution in [0.2, 0.25) is 5.02 Å². The zero-order valence-corrected chi connectivity index (χ0v) is 10.8. The number of aldehydes is 1. The van der Waals surface area contributed by atoms with Crippen LogP contribution >= 0.6 is 11.6 Å². The highest BCUT2D eigenvalue weighted by atomic mass is 35.5. The topological polar surface area (TPSA) is 26.3 Å². The normalized spacial score (nSPS) is 10.1. The molecule has 0 saturated heterocycles. The van der Waals surface area contributed by atoms with Gasteiger partial charge in [0.1, 0.15) is 18.6 Å². The molecule has 3 heteroatoms. The Kier molecular flexibility index (Phi) is 4.00. The van der Waals surface area contributed by atoms with Crippen molar-refractivity contribution in [2.75, 3.05) is 0 Å². The van der Waals surface area contributed by atoms with Crippen LogP contribution < -0.4 is 4.74 Å². The second-order valence-electron chi connectivity index (χ2n) is 4.02. The highest BCUT2D eigenvalue weighted by molar-refractivity contribution is 6.31. The van der Waals surface area contributed by atoms with Crippen LogP contribution in [-0.4, -0.2) is 6.29 Å². The molecule has 0 aliphatic carbocycles. The molecule has 18 heavy (non-hydrogen) atoms. The lowest BCUT2D eigenvalue weighted by Gasteiger charge is -2.10. The van der Waals surface area contributed by atoms with E-state index in [4.69, 9.17) is 16.3 Å². The Morgan fingerprint density at radius 1 is 1.22 bits per heavy atom. The van der Waals surface area contributed by atoms with E-state index in [0.29, 0.717) is 17.2 Å². The Morgan fingerprint density at radius 3 is 2.67 bits per heavy atom. The fraction of sp³-hybridized carbons (Fsp3) is 0.133. The Bertz CT molecular complexity index is 564. The van der Waals surface area contributed by atoms with Crippen molar-refractivity contribution in [2.24, 2.45) is 0 Å². The summed E-state index contributed by atoms with van der Waals surface area (Å²) in [4.78, 5) is 10.6. The number of carbonyl (C=O) groups excluding carboxylic acids is 1. The summed E-state index contributed by atoms with van der Waals surface area (Å²) in [6.07, 6.45) is 0.824. The number of aryl methyl sites for hydroxylation is 1. The van der Waals surface area contributed by atoms with Crippen molar-refractivity contribution in [1.82, 2.24) is 0 Å². The van der Waals surface area contributed by atoms with E-state index in [1.807, 2.05) is 31.2 Å². The molecule has 0 unspecified atom stereocenters. The molecule has 0 spiro atoms. The number of hydrogen-bond acceptors (Lipinski definition) is 2. The molecule has 2 nitrogen and oxygen atoms in total. The van der Waals surface area contributed by atoms with Gasteiger partial charge in [-0.05, 0) is 36.8 Å². The maximum Gasteiger partial charge on any atom is 0.150 e. The van der Waals surface area contributed by atoms with E-state index in [1.165, 1.54) is 0 Å². The number of hydrogen-bond donors (Lipinski definition) is 0. The lowest BCUT2D eigenvalue weighted by molar-refractivity contribution is 0.112. The highest BCUT2D eigenvalue weighted by Crippen LogP contribution is 2.22. The first-order valence-electron chi connectivity index (χ1n) is 5.63. The Morgan fingerprint density at radius 2 is 2.00 bits per heavy atom. The molecule has 0 radical (unpaired) electrons. The molecule has 0 aromatic heterocycles. The summed E-state index contributed by atoms with van der Waals surface area (Å²) in [5.74, 6) is 0.764. The molecule has 2 aromatic rings. The third-order valence-electron chi connectivity index (χ3n) is 2.68. The quantitative estimate of drug-likeness (QED) is 0.776. The lowest BCUT2D eigenvalue weighted by atomic mass is 10.1. The molecule has 92 valence electrons. The Balaban J connectivity index is 2.11. The first kappa shape index (κ1) is 12.7. The van der Waals surface area contributed by atoms with Crippen LogP contribution in [0.5, 0.6) is 5.75 Å². The van der Waals surface area contributed by atoms with Crippen molar-refractivity contribution in [3.05, 3.63) is 64.2 Å². The SMILES string of the molecule is Cc1cc(C=O)ccc1OCc1ccccc1Cl. The molecule has 0 aliphatic heterocycles. The molecule has 0 heterocycles. The summed E-state index contributed by atoms with van der Waals surface area (Å²) in [5, 5.41) is 0.694. The molecule has 2 rings (SSSR count). The molecular formula is C15H13ClO2. The maximum absolute atomic E-state index is 10.6. The number of rotatable bonds is 4. The molecule has 0 bridgehead atoms. The van der Waals surface area contributed by atoms with Crippen LogP contribution in [0.15, 0.2) is 42.5 Å². The number of benzene rings is 2. The second-order valence-corrected chi connectivity index (χ2v) is 4.43. The fourth-order valence-electron chi connectivity index (χ4n) is 1.68. The van der Waals surface area contributed by atoms with Crippen LogP contribution in [0.25, 0.3) is 0 Å². The van der Waals surface area contributed by atoms with Crippen molar-refractivity contribution in [2.45, 2.75) is 13.5 Å². The average Bonchev–Trinajstić information content (AvgIpc) is 2.39. The van der Waals surface area contributed by atoms with Gasteiger partial charge in [0.2, 0.25) is 0 Å². The summed E-state index contributed by atoms with van der Waals surface area (Å²) in [5.41, 5.74) is 2.53. The standard InChI is InChI=1S/C15H13ClO2/c1-11-8-12(9-17)6-7-15(11)18-10-13-4-2-3-5-14(13)16/h2-9H,10H2,1H3. The maximum atomic E-state index is 10.6. The van der Waals surface area contributed by atoms with Crippen LogP contribution in [0.1, 0.15) is 21.5 Å². The largest absolute Gasteiger partial charge is 0.489 e. The number of carbonyl (C=O) groups is 1. The van der Waals surface area contributed by atoms with E-state index in [1.54, 1.807) is 18.2 Å². The van der Waals surface area contributed by atoms with Gasteiger partial charge in [0.25, 0.3) is 0 Å². The van der Waals surface area contributed by atoms with Crippen molar-refractivity contribution in [3.8, 4) is 5.75 Å². The minimum atomic E-state index is 0.418. The Labute approximate surface area is 111 Å². The zero-order valence-electron chi connectivity index (χ0n) is 10.0. The van der Waals surface area contributed by atoms with Crippen molar-refractivity contribution < 1.29 is 9.53 Å². The summed E-state index contributed by atoms with van der Waals surface area (Å²) in [7, 11) is 0. The highest BCUT2D eigenvalue weighted by Gasteiger charge is 2.03. The van der Waals surface area contributed by atoms with E-state index < -0.39 is 0 Å². The fourth-order valence-corrected chi connectivity index (χ4v) is 1.87. The van der Waals surface area contributed by atoms with Crippen molar-refractivity contribution in [3.63, 3.8) is 0 Å². The van der Waals surface area contributed by atoms with E-state index in [9.17, 15) is 4.79 Å². The predicted octanol–water partition coefficient (Wildman–Crippen LogP) is 4.04. The van der Waals surface area contributed by atoms with Crippen LogP contribution in [0, 0.1) is 6.92 Å². The van der Waals surface area contributed by atoms with Gasteiger partial charge in [-0.3, -0.25) is 4.79 Å². The molecular weight excluding hydrogens is 248 g/mol. The van der Waals surface area contributed by atoms with Gasteiger partial charge in [0.15, 0.2) is 0 Å². The van der Waals surface area contributed by atoms with Gasteiger partial charge in [-0.25, -0.2) is 0 Å². The molecule has 0 aliphatic rings. The zero-order chi connectivity index (χ0) is 13.0. The van der Waals surface area contributed by atoms with Gasteiger partial charge in [-0.2, -0.15) is 0 Å². The average molecular weight is 261 g/mol. The van der Waals surface area contributed by atoms with Crippen LogP contribution in [-0.2, 0) is 6.61 Å². The summed E-state index contributed by atoms with van der Waals surface area (Å²) in [6, 6.07) is 12.9. The number of ether oxygens (including phenoxy) is 1. The number of halogens is 1. The lowest BCUT2D eigenvalue weighted by Crippen LogP contribution is -1.98. The van der Waals surface area contributed by atoms with E-state index in [-0.39, 0.29) is 0 Å². The summed E-state index contributed by atoms with van der Waals surface area (Å²) in [6.45, 7) is 2.33. The third-order valence-corrected chi connectivity index (χ3v) is 3.04. The molecule has 0 amide bonds. The summed E-state index contributed by atoms with van der Waals surface area (Å²) < 4.78 is 5.70. The molecule has 0 atom stereocenters. The van der Waals surface area contributed by atoms with Gasteiger partial charge in [0.05, 0.1) is 0 Å². The molecule has 0 fully saturated rings. The second kappa shape index (κ2) is 5.69. The van der Waals surface area contributed by atoms with E-state index in [2.05, 4.69) is 0 Å². The van der Waals surface area contributed by atoms with Crippen LogP contribution in [0.3, 0.4) is 0 Å². The van der Waals surface area contributed by atoms with Gasteiger partial charge in [0, 0.05) is 16.1 Å². The van der Waals surface area contributed by atoms with Gasteiger partial charge >= 0.3 is 0 Å². The van der Waals surface area contributed by atoms with Gasteiger partial charge < -0.3 is 4.74 Å². The van der Waals surface area contributed by atoms with E-state index in [0.717, 1.165) is 23.2 Å². The minimum absolute atomic E-state index is 0.418. The Hall–Kier alpha value is -1.80. The molecule has 0 saturated carbocycles. The van der Waals surface area contributed by atoms with Crippen molar-refractivity contribution in [1.29, 1.82) is 0 Å². The van der Waals surface area contributed by atoms with Gasteiger partial charge in [-0.1, -0.05) is 29.8 Å². The van der Waals surface area contributed by atoms with Crippen LogP contribution in [0.4, 0.5) is 0 Å². The first-order valence-corrected chi connectivity index (χ1v) is 6.00. The molecule has 2 aromatic carbocycles. The van der Waals surface area contributed by atoms with Gasteiger partial charge in [-0.15, -0.1) is 0 Å².